The molecule has 51 heavy (non-hydrogen) atoms. The van der Waals surface area contributed by atoms with E-state index in [9.17, 15) is 0 Å². The molecule has 0 atom stereocenters. The third-order valence-electron chi connectivity index (χ3n) is 9.52. The highest BCUT2D eigenvalue weighted by Crippen LogP contribution is 2.41. The summed E-state index contributed by atoms with van der Waals surface area (Å²) in [5, 5.41) is 5.45. The van der Waals surface area contributed by atoms with Crippen LogP contribution in [0, 0.1) is 0 Å². The van der Waals surface area contributed by atoms with E-state index >= 15 is 0 Å². The van der Waals surface area contributed by atoms with Gasteiger partial charge in [0.15, 0.2) is 23.1 Å². The van der Waals surface area contributed by atoms with Gasteiger partial charge in [0.1, 0.15) is 11.3 Å². The number of rotatable bonds is 5. The predicted molar refractivity (Wildman–Crippen MR) is 207 cm³/mol. The lowest BCUT2D eigenvalue weighted by atomic mass is 9.99. The van der Waals surface area contributed by atoms with Crippen molar-refractivity contribution in [3.63, 3.8) is 0 Å². The molecule has 0 spiro atoms. The molecule has 0 aliphatic rings. The first-order valence-corrected chi connectivity index (χ1v) is 17.0. The van der Waals surface area contributed by atoms with Crippen molar-refractivity contribution >= 4 is 43.6 Å². The fourth-order valence-corrected chi connectivity index (χ4v) is 7.01. The molecule has 0 saturated carbocycles. The Hall–Kier alpha value is -6.98. The minimum atomic E-state index is 0.583. The number of pyridine rings is 1. The number of furan rings is 1. The number of fused-ring (bicyclic) bond motifs is 7. The van der Waals surface area contributed by atoms with Gasteiger partial charge in [-0.2, -0.15) is 0 Å². The van der Waals surface area contributed by atoms with Gasteiger partial charge >= 0.3 is 0 Å². The van der Waals surface area contributed by atoms with E-state index in [2.05, 4.69) is 109 Å². The summed E-state index contributed by atoms with van der Waals surface area (Å²) in [7, 11) is 0. The normalized spacial score (nSPS) is 11.5. The summed E-state index contributed by atoms with van der Waals surface area (Å²) in [5.41, 5.74) is 9.23. The molecule has 3 heterocycles. The fraction of sp³-hybridized carbons (Fsp3) is 0. The van der Waals surface area contributed by atoms with Crippen LogP contribution < -0.4 is 0 Å². The number of para-hydroxylation sites is 1. The molecule has 238 valence electrons. The van der Waals surface area contributed by atoms with Gasteiger partial charge < -0.3 is 4.42 Å². The molecule has 0 aliphatic carbocycles. The lowest BCUT2D eigenvalue weighted by Gasteiger charge is -2.11. The molecule has 0 unspecified atom stereocenters. The Morgan fingerprint density at radius 3 is 1.67 bits per heavy atom. The summed E-state index contributed by atoms with van der Waals surface area (Å²) in [6.45, 7) is 0. The van der Waals surface area contributed by atoms with E-state index in [0.717, 1.165) is 82.7 Å². The highest BCUT2D eigenvalue weighted by molar-refractivity contribution is 6.24. The molecule has 3 aromatic heterocycles. The average Bonchev–Trinajstić information content (AvgIpc) is 3.61. The topological polar surface area (TPSA) is 64.7 Å². The maximum atomic E-state index is 6.60. The highest BCUT2D eigenvalue weighted by atomic mass is 16.3. The Morgan fingerprint density at radius 1 is 0.353 bits per heavy atom. The Labute approximate surface area is 293 Å². The van der Waals surface area contributed by atoms with Gasteiger partial charge in [-0.15, -0.1) is 0 Å². The molecule has 0 fully saturated rings. The van der Waals surface area contributed by atoms with Crippen molar-refractivity contribution < 1.29 is 4.42 Å². The molecule has 0 saturated heterocycles. The maximum Gasteiger partial charge on any atom is 0.164 e. The van der Waals surface area contributed by atoms with Crippen molar-refractivity contribution in [3.05, 3.63) is 170 Å². The molecule has 0 amide bonds. The standard InChI is InChI=1S/C46H28N4O/c1-3-12-29(13-4-1)30-22-24-33(25-23-30)45-48-44(32-15-5-2-6-16-32)49-46(50-45)35-18-11-17-34(28-35)41-43-40(37-20-9-10-21-39(37)51-43)38-27-26-31-14-7-8-19-36(31)42(38)47-41/h1-28H. The highest BCUT2D eigenvalue weighted by Gasteiger charge is 2.20. The van der Waals surface area contributed by atoms with Crippen LogP contribution in [-0.2, 0) is 0 Å². The molecule has 10 aromatic rings. The summed E-state index contributed by atoms with van der Waals surface area (Å²) in [4.78, 5) is 20.4. The minimum absolute atomic E-state index is 0.583. The van der Waals surface area contributed by atoms with Crippen LogP contribution in [0.3, 0.4) is 0 Å². The third kappa shape index (κ3) is 5.03. The Morgan fingerprint density at radius 2 is 0.902 bits per heavy atom. The van der Waals surface area contributed by atoms with Crippen molar-refractivity contribution in [1.29, 1.82) is 0 Å². The van der Waals surface area contributed by atoms with Gasteiger partial charge in [0, 0.05) is 43.8 Å². The van der Waals surface area contributed by atoms with Crippen LogP contribution in [0.2, 0.25) is 0 Å². The first kappa shape index (κ1) is 29.0. The smallest absolute Gasteiger partial charge is 0.164 e. The SMILES string of the molecule is c1ccc(-c2ccc(-c3nc(-c4ccccc4)nc(-c4cccc(-c5nc6c7ccccc7ccc6c6c5oc5ccccc56)c4)n3)cc2)cc1. The first-order chi connectivity index (χ1) is 25.3. The lowest BCUT2D eigenvalue weighted by Crippen LogP contribution is -2.00. The van der Waals surface area contributed by atoms with Crippen LogP contribution in [0.15, 0.2) is 174 Å². The minimum Gasteiger partial charge on any atom is -0.454 e. The van der Waals surface area contributed by atoms with Gasteiger partial charge in [0.25, 0.3) is 0 Å². The molecular formula is C46H28N4O. The molecule has 0 N–H and O–H groups in total. The second kappa shape index (κ2) is 11.9. The van der Waals surface area contributed by atoms with Crippen LogP contribution in [0.25, 0.3) is 100 Å². The van der Waals surface area contributed by atoms with Gasteiger partial charge in [-0.25, -0.2) is 19.9 Å². The maximum absolute atomic E-state index is 6.60. The molecular weight excluding hydrogens is 625 g/mol. The molecule has 0 aliphatic heterocycles. The van der Waals surface area contributed by atoms with Gasteiger partial charge in [0.05, 0.1) is 5.52 Å². The second-order valence-electron chi connectivity index (χ2n) is 12.6. The Kier molecular flexibility index (Phi) is 6.74. The molecule has 5 nitrogen and oxygen atoms in total. The third-order valence-corrected chi connectivity index (χ3v) is 9.52. The van der Waals surface area contributed by atoms with E-state index in [-0.39, 0.29) is 0 Å². The summed E-state index contributed by atoms with van der Waals surface area (Å²) in [6, 6.07) is 58.0. The van der Waals surface area contributed by atoms with Gasteiger partial charge in [-0.3, -0.25) is 0 Å². The van der Waals surface area contributed by atoms with Gasteiger partial charge in [-0.05, 0) is 28.6 Å². The zero-order chi connectivity index (χ0) is 33.7. The largest absolute Gasteiger partial charge is 0.454 e. The van der Waals surface area contributed by atoms with E-state index in [1.54, 1.807) is 0 Å². The van der Waals surface area contributed by atoms with Crippen LogP contribution >= 0.6 is 0 Å². The zero-order valence-electron chi connectivity index (χ0n) is 27.4. The average molecular weight is 653 g/mol. The number of hydrogen-bond acceptors (Lipinski definition) is 5. The van der Waals surface area contributed by atoms with Crippen LogP contribution in [0.4, 0.5) is 0 Å². The van der Waals surface area contributed by atoms with Crippen LogP contribution in [0.1, 0.15) is 0 Å². The van der Waals surface area contributed by atoms with Crippen molar-refractivity contribution in [2.75, 3.05) is 0 Å². The summed E-state index contributed by atoms with van der Waals surface area (Å²) >= 11 is 0. The fourth-order valence-electron chi connectivity index (χ4n) is 7.01. The number of nitrogens with zero attached hydrogens (tertiary/aromatic N) is 4. The summed E-state index contributed by atoms with van der Waals surface area (Å²) < 4.78 is 6.60. The molecule has 7 aromatic carbocycles. The molecule has 10 rings (SSSR count). The van der Waals surface area contributed by atoms with Crippen molar-refractivity contribution in [3.8, 4) is 56.5 Å². The van der Waals surface area contributed by atoms with Crippen molar-refractivity contribution in [2.45, 2.75) is 0 Å². The van der Waals surface area contributed by atoms with E-state index in [0.29, 0.717) is 17.5 Å². The molecule has 5 heteroatoms. The number of aromatic nitrogens is 4. The van der Waals surface area contributed by atoms with Crippen molar-refractivity contribution in [2.24, 2.45) is 0 Å². The lowest BCUT2D eigenvalue weighted by molar-refractivity contribution is 0.669. The quantitative estimate of drug-likeness (QED) is 0.173. The van der Waals surface area contributed by atoms with E-state index < -0.39 is 0 Å². The summed E-state index contributed by atoms with van der Waals surface area (Å²) in [5.74, 6) is 1.81. The second-order valence-corrected chi connectivity index (χ2v) is 12.6. The van der Waals surface area contributed by atoms with Crippen LogP contribution in [0.5, 0.6) is 0 Å². The zero-order valence-corrected chi connectivity index (χ0v) is 27.4. The van der Waals surface area contributed by atoms with Crippen LogP contribution in [-0.4, -0.2) is 19.9 Å². The molecule has 0 bridgehead atoms. The number of benzene rings is 7. The van der Waals surface area contributed by atoms with Crippen molar-refractivity contribution in [1.82, 2.24) is 19.9 Å². The predicted octanol–water partition coefficient (Wildman–Crippen LogP) is 11.8. The first-order valence-electron chi connectivity index (χ1n) is 17.0. The molecule has 0 radical (unpaired) electrons. The Balaban J connectivity index is 1.16. The number of hydrogen-bond donors (Lipinski definition) is 0. The van der Waals surface area contributed by atoms with Gasteiger partial charge in [-0.1, -0.05) is 158 Å². The van der Waals surface area contributed by atoms with E-state index in [1.165, 1.54) is 0 Å². The van der Waals surface area contributed by atoms with E-state index in [4.69, 9.17) is 24.4 Å². The monoisotopic (exact) mass is 652 g/mol. The van der Waals surface area contributed by atoms with Gasteiger partial charge in [0.2, 0.25) is 0 Å². The summed E-state index contributed by atoms with van der Waals surface area (Å²) in [6.07, 6.45) is 0. The Bertz CT molecular complexity index is 2900. The van der Waals surface area contributed by atoms with E-state index in [1.807, 2.05) is 60.7 Å².